The van der Waals surface area contributed by atoms with Crippen molar-refractivity contribution in [2.75, 3.05) is 40.1 Å². The minimum absolute atomic E-state index is 0.217. The third-order valence-electron chi connectivity index (χ3n) is 1.33. The molecule has 0 amide bonds. The summed E-state index contributed by atoms with van der Waals surface area (Å²) in [6.45, 7) is 1.62. The lowest BCUT2D eigenvalue weighted by Crippen LogP contribution is -2.18. The second kappa shape index (κ2) is 10.4. The first-order valence-electron chi connectivity index (χ1n) is 4.35. The number of hydrogen-bond acceptors (Lipinski definition) is 6. The van der Waals surface area contributed by atoms with Gasteiger partial charge in [-0.05, 0) is 6.42 Å². The molecule has 14 heavy (non-hydrogen) atoms. The minimum Gasteiger partial charge on any atom is -0.461 e. The summed E-state index contributed by atoms with van der Waals surface area (Å²) < 4.78 is 14.6. The summed E-state index contributed by atoms with van der Waals surface area (Å²) in [4.78, 5) is 14.8. The van der Waals surface area contributed by atoms with Crippen molar-refractivity contribution < 1.29 is 23.8 Å². The van der Waals surface area contributed by atoms with Gasteiger partial charge in [-0.15, -0.1) is 0 Å². The Morgan fingerprint density at radius 1 is 1.21 bits per heavy atom. The molecular weight excluding hydrogens is 190 g/mol. The lowest BCUT2D eigenvalue weighted by molar-refractivity contribution is -0.150. The Bertz CT molecular complexity index is 142. The van der Waals surface area contributed by atoms with E-state index in [-0.39, 0.29) is 13.2 Å². The van der Waals surface area contributed by atoms with E-state index in [0.717, 1.165) is 6.42 Å². The van der Waals surface area contributed by atoms with Gasteiger partial charge in [0.2, 0.25) is 0 Å². The van der Waals surface area contributed by atoms with E-state index in [1.807, 2.05) is 0 Å². The molecule has 0 saturated heterocycles. The first-order valence-corrected chi connectivity index (χ1v) is 4.35. The van der Waals surface area contributed by atoms with Crippen LogP contribution >= 0.6 is 0 Å². The van der Waals surface area contributed by atoms with Crippen LogP contribution in [0.15, 0.2) is 0 Å². The Labute approximate surface area is 83.2 Å². The van der Waals surface area contributed by atoms with Crippen LogP contribution in [0.5, 0.6) is 0 Å². The monoisotopic (exact) mass is 207 g/mol. The van der Waals surface area contributed by atoms with Gasteiger partial charge in [0, 0.05) is 20.3 Å². The second-order valence-corrected chi connectivity index (χ2v) is 2.49. The van der Waals surface area contributed by atoms with Gasteiger partial charge in [0.15, 0.2) is 6.61 Å². The van der Waals surface area contributed by atoms with Crippen LogP contribution in [0.1, 0.15) is 6.42 Å². The minimum atomic E-state index is -0.493. The Kier molecular flexibility index (Phi) is 9.88. The molecule has 0 fully saturated rings. The zero-order chi connectivity index (χ0) is 10.6. The summed E-state index contributed by atoms with van der Waals surface area (Å²) in [5.74, 6) is 4.18. The van der Waals surface area contributed by atoms with E-state index in [1.165, 1.54) is 0 Å². The van der Waals surface area contributed by atoms with Crippen LogP contribution < -0.4 is 5.90 Å². The van der Waals surface area contributed by atoms with Gasteiger partial charge < -0.3 is 14.2 Å². The van der Waals surface area contributed by atoms with Crippen molar-refractivity contribution in [2.24, 2.45) is 5.90 Å². The quantitative estimate of drug-likeness (QED) is 0.311. The summed E-state index contributed by atoms with van der Waals surface area (Å²) in [6.07, 6.45) is 0.830. The number of hydrogen-bond donors (Lipinski definition) is 1. The molecule has 0 bridgehead atoms. The van der Waals surface area contributed by atoms with Crippen LogP contribution in [-0.2, 0) is 23.8 Å². The molecular formula is C8H17NO5. The Hall–Kier alpha value is -0.690. The molecule has 0 aliphatic rings. The number of ether oxygens (including phenoxy) is 3. The average molecular weight is 207 g/mol. The maximum Gasteiger partial charge on any atom is 0.334 e. The van der Waals surface area contributed by atoms with Gasteiger partial charge in [-0.3, -0.25) is 4.84 Å². The third-order valence-corrected chi connectivity index (χ3v) is 1.33. The molecule has 0 aromatic carbocycles. The fourth-order valence-electron chi connectivity index (χ4n) is 0.732. The summed E-state index contributed by atoms with van der Waals surface area (Å²) in [5, 5.41) is 0. The van der Waals surface area contributed by atoms with Crippen LogP contribution in [0.25, 0.3) is 0 Å². The molecule has 0 heterocycles. The van der Waals surface area contributed by atoms with E-state index < -0.39 is 5.97 Å². The Morgan fingerprint density at radius 3 is 2.64 bits per heavy atom. The Morgan fingerprint density at radius 2 is 2.00 bits per heavy atom. The van der Waals surface area contributed by atoms with Gasteiger partial charge in [-0.2, -0.15) is 0 Å². The number of nitrogens with two attached hydrogens (primary N) is 1. The number of methoxy groups -OCH3 is 1. The zero-order valence-corrected chi connectivity index (χ0v) is 8.36. The molecule has 0 atom stereocenters. The van der Waals surface area contributed by atoms with Crippen LogP contribution in [-0.4, -0.2) is 46.1 Å². The number of rotatable bonds is 9. The molecule has 2 N–H and O–H groups in total. The maximum atomic E-state index is 10.7. The summed E-state index contributed by atoms with van der Waals surface area (Å²) >= 11 is 0. The second-order valence-electron chi connectivity index (χ2n) is 2.49. The largest absolute Gasteiger partial charge is 0.461 e. The highest BCUT2D eigenvalue weighted by Crippen LogP contribution is 1.85. The molecule has 6 heteroatoms. The van der Waals surface area contributed by atoms with E-state index in [0.29, 0.717) is 19.8 Å². The van der Waals surface area contributed by atoms with Crippen LogP contribution in [0.3, 0.4) is 0 Å². The average Bonchev–Trinajstić information content (AvgIpc) is 2.17. The smallest absolute Gasteiger partial charge is 0.334 e. The molecule has 0 aromatic heterocycles. The molecule has 6 nitrogen and oxygen atoms in total. The fraction of sp³-hybridized carbons (Fsp3) is 0.875. The first-order chi connectivity index (χ1) is 6.81. The number of carbonyl (C=O) groups is 1. The van der Waals surface area contributed by atoms with Gasteiger partial charge >= 0.3 is 5.97 Å². The van der Waals surface area contributed by atoms with Crippen molar-refractivity contribution in [1.29, 1.82) is 0 Å². The summed E-state index contributed by atoms with van der Waals surface area (Å²) in [5.41, 5.74) is 0. The number of carbonyl (C=O) groups excluding carboxylic acids is 1. The predicted octanol–water partition coefficient (Wildman–Crippen LogP) is -0.527. The molecule has 0 aliphatic heterocycles. The third kappa shape index (κ3) is 9.40. The summed E-state index contributed by atoms with van der Waals surface area (Å²) in [6, 6.07) is 0. The highest BCUT2D eigenvalue weighted by atomic mass is 16.6. The molecule has 0 unspecified atom stereocenters. The first kappa shape index (κ1) is 13.3. The molecule has 0 radical (unpaired) electrons. The summed E-state index contributed by atoms with van der Waals surface area (Å²) in [7, 11) is 1.63. The normalized spacial score (nSPS) is 10.1. The zero-order valence-electron chi connectivity index (χ0n) is 8.36. The van der Waals surface area contributed by atoms with Gasteiger partial charge in [0.1, 0.15) is 6.61 Å². The van der Waals surface area contributed by atoms with Crippen molar-refractivity contribution in [1.82, 2.24) is 0 Å². The van der Waals surface area contributed by atoms with Crippen molar-refractivity contribution >= 4 is 5.97 Å². The lowest BCUT2D eigenvalue weighted by Gasteiger charge is -2.04. The van der Waals surface area contributed by atoms with E-state index in [9.17, 15) is 4.79 Å². The number of esters is 1. The molecule has 0 spiro atoms. The molecule has 84 valence electrons. The maximum absolute atomic E-state index is 10.7. The SMILES string of the molecule is COCCCOCCOC(=O)CON. The highest BCUT2D eigenvalue weighted by molar-refractivity contribution is 5.70. The van der Waals surface area contributed by atoms with Crippen molar-refractivity contribution in [3.8, 4) is 0 Å². The molecule has 0 saturated carbocycles. The highest BCUT2D eigenvalue weighted by Gasteiger charge is 2.00. The van der Waals surface area contributed by atoms with Gasteiger partial charge in [-0.25, -0.2) is 10.7 Å². The standard InChI is InChI=1S/C8H17NO5/c1-11-3-2-4-12-5-6-13-8(10)7-14-9/h2-7,9H2,1H3. The van der Waals surface area contributed by atoms with E-state index in [1.54, 1.807) is 7.11 Å². The van der Waals surface area contributed by atoms with E-state index in [2.05, 4.69) is 15.5 Å². The topological polar surface area (TPSA) is 80.0 Å². The van der Waals surface area contributed by atoms with Crippen LogP contribution in [0.2, 0.25) is 0 Å². The molecule has 0 aliphatic carbocycles. The van der Waals surface area contributed by atoms with Crippen molar-refractivity contribution in [3.63, 3.8) is 0 Å². The molecule has 0 aromatic rings. The van der Waals surface area contributed by atoms with Crippen LogP contribution in [0.4, 0.5) is 0 Å². The van der Waals surface area contributed by atoms with Crippen molar-refractivity contribution in [2.45, 2.75) is 6.42 Å². The lowest BCUT2D eigenvalue weighted by atomic mass is 10.5. The van der Waals surface area contributed by atoms with E-state index in [4.69, 9.17) is 9.47 Å². The predicted molar refractivity (Wildman–Crippen MR) is 48.4 cm³/mol. The van der Waals surface area contributed by atoms with E-state index >= 15 is 0 Å². The fourth-order valence-corrected chi connectivity index (χ4v) is 0.732. The molecule has 0 rings (SSSR count). The van der Waals surface area contributed by atoms with Gasteiger partial charge in [0.05, 0.1) is 6.61 Å². The van der Waals surface area contributed by atoms with Crippen molar-refractivity contribution in [3.05, 3.63) is 0 Å². The van der Waals surface area contributed by atoms with Crippen LogP contribution in [0, 0.1) is 0 Å². The van der Waals surface area contributed by atoms with Gasteiger partial charge in [-0.1, -0.05) is 0 Å². The Balaban J connectivity index is 3.01. The van der Waals surface area contributed by atoms with Gasteiger partial charge in [0.25, 0.3) is 0 Å².